The Morgan fingerprint density at radius 2 is 2.05 bits per heavy atom. The van der Waals surface area contributed by atoms with E-state index in [0.29, 0.717) is 36.1 Å². The first kappa shape index (κ1) is 16.7. The summed E-state index contributed by atoms with van der Waals surface area (Å²) in [7, 11) is 3.19. The number of Topliss-reactive ketones (excluding diaryl/α,β-unsaturated/α-hetero) is 1. The van der Waals surface area contributed by atoms with Crippen LogP contribution in [0.25, 0.3) is 0 Å². The van der Waals surface area contributed by atoms with Crippen LogP contribution in [0.1, 0.15) is 23.0 Å². The number of anilines is 2. The average Bonchev–Trinajstić information content (AvgIpc) is 2.74. The Morgan fingerprint density at radius 3 is 2.65 bits per heavy atom. The maximum Gasteiger partial charge on any atom is 0.176 e. The highest BCUT2D eigenvalue weighted by Crippen LogP contribution is 2.42. The second kappa shape index (κ2) is 8.78. The third-order valence-corrected chi connectivity index (χ3v) is 3.85. The van der Waals surface area contributed by atoms with Gasteiger partial charge in [0.25, 0.3) is 0 Å². The fourth-order valence-corrected chi connectivity index (χ4v) is 2.64. The lowest BCUT2D eigenvalue weighted by Gasteiger charge is -2.07. The highest BCUT2D eigenvalue weighted by atomic mass is 32.1. The van der Waals surface area contributed by atoms with Gasteiger partial charge in [-0.05, 0) is 6.42 Å². The largest absolute Gasteiger partial charge is 0.492 e. The van der Waals surface area contributed by atoms with Crippen LogP contribution < -0.4 is 15.8 Å². The molecule has 1 heterocycles. The molecule has 0 aliphatic rings. The molecule has 0 aliphatic carbocycles. The van der Waals surface area contributed by atoms with E-state index in [9.17, 15) is 4.79 Å². The van der Waals surface area contributed by atoms with Gasteiger partial charge >= 0.3 is 0 Å². The summed E-state index contributed by atoms with van der Waals surface area (Å²) < 4.78 is 15.5. The van der Waals surface area contributed by atoms with Gasteiger partial charge in [0.2, 0.25) is 0 Å². The fraction of sp³-hybridized carbons (Fsp3) is 0.615. The zero-order valence-electron chi connectivity index (χ0n) is 12.2. The summed E-state index contributed by atoms with van der Waals surface area (Å²) in [6.07, 6.45) is 0.847. The smallest absolute Gasteiger partial charge is 0.176 e. The van der Waals surface area contributed by atoms with Gasteiger partial charge < -0.3 is 25.3 Å². The van der Waals surface area contributed by atoms with E-state index >= 15 is 0 Å². The van der Waals surface area contributed by atoms with Crippen molar-refractivity contribution in [3.63, 3.8) is 0 Å². The molecule has 0 atom stereocenters. The SMILES string of the molecule is COCCOCCCNc1sc(C(C)=O)c(N)c1OC. The van der Waals surface area contributed by atoms with Gasteiger partial charge in [0.1, 0.15) is 5.00 Å². The monoisotopic (exact) mass is 302 g/mol. The number of thiophene rings is 1. The predicted octanol–water partition coefficient (Wildman–Crippen LogP) is 2.01. The van der Waals surface area contributed by atoms with Crippen LogP contribution >= 0.6 is 11.3 Å². The molecule has 7 heteroatoms. The highest BCUT2D eigenvalue weighted by molar-refractivity contribution is 7.19. The number of hydrogen-bond acceptors (Lipinski definition) is 7. The van der Waals surface area contributed by atoms with E-state index in [0.717, 1.165) is 18.0 Å². The Hall–Kier alpha value is -1.31. The average molecular weight is 302 g/mol. The van der Waals surface area contributed by atoms with E-state index in [2.05, 4.69) is 5.32 Å². The first-order valence-electron chi connectivity index (χ1n) is 6.39. The summed E-state index contributed by atoms with van der Waals surface area (Å²) in [6.45, 7) is 4.07. The standard InChI is InChI=1S/C13H22N2O4S/c1-9(16)12-10(14)11(18-3)13(20-12)15-5-4-6-19-8-7-17-2/h15H,4-8,14H2,1-3H3. The molecule has 0 saturated carbocycles. The molecule has 0 unspecified atom stereocenters. The number of carbonyl (C=O) groups excluding carboxylic acids is 1. The van der Waals surface area contributed by atoms with Crippen molar-refractivity contribution in [3.8, 4) is 5.75 Å². The lowest BCUT2D eigenvalue weighted by atomic mass is 10.3. The van der Waals surface area contributed by atoms with Gasteiger partial charge in [-0.25, -0.2) is 0 Å². The third-order valence-electron chi connectivity index (χ3n) is 2.61. The minimum absolute atomic E-state index is 0.0539. The first-order chi connectivity index (χ1) is 9.61. The summed E-state index contributed by atoms with van der Waals surface area (Å²) >= 11 is 1.32. The van der Waals surface area contributed by atoms with Gasteiger partial charge in [-0.3, -0.25) is 4.79 Å². The van der Waals surface area contributed by atoms with Gasteiger partial charge in [-0.1, -0.05) is 0 Å². The molecule has 0 aromatic carbocycles. The van der Waals surface area contributed by atoms with E-state index in [4.69, 9.17) is 19.9 Å². The van der Waals surface area contributed by atoms with E-state index in [1.54, 1.807) is 14.2 Å². The summed E-state index contributed by atoms with van der Waals surface area (Å²) in [4.78, 5) is 12.0. The highest BCUT2D eigenvalue weighted by Gasteiger charge is 2.18. The van der Waals surface area contributed by atoms with Gasteiger partial charge in [0, 0.05) is 27.2 Å². The maximum atomic E-state index is 11.4. The molecule has 0 radical (unpaired) electrons. The van der Waals surface area contributed by atoms with Crippen molar-refractivity contribution in [1.82, 2.24) is 0 Å². The van der Waals surface area contributed by atoms with Crippen LogP contribution in [0.5, 0.6) is 5.75 Å². The number of methoxy groups -OCH3 is 2. The van der Waals surface area contributed by atoms with Crippen molar-refractivity contribution < 1.29 is 19.0 Å². The molecule has 20 heavy (non-hydrogen) atoms. The van der Waals surface area contributed by atoms with Crippen LogP contribution in [0.15, 0.2) is 0 Å². The minimum atomic E-state index is -0.0539. The van der Waals surface area contributed by atoms with Crippen LogP contribution in [0.3, 0.4) is 0 Å². The van der Waals surface area contributed by atoms with Crippen molar-refractivity contribution in [2.75, 3.05) is 51.6 Å². The Labute approximate surface area is 123 Å². The quantitative estimate of drug-likeness (QED) is 0.508. The molecule has 0 fully saturated rings. The molecule has 3 N–H and O–H groups in total. The van der Waals surface area contributed by atoms with Gasteiger partial charge in [-0.2, -0.15) is 0 Å². The van der Waals surface area contributed by atoms with Crippen LogP contribution in [0.4, 0.5) is 10.7 Å². The molecule has 0 amide bonds. The number of nitrogen functional groups attached to an aromatic ring is 1. The molecule has 114 valence electrons. The molecular weight excluding hydrogens is 280 g/mol. The van der Waals surface area contributed by atoms with Crippen molar-refractivity contribution in [3.05, 3.63) is 4.88 Å². The summed E-state index contributed by atoms with van der Waals surface area (Å²) in [5, 5.41) is 4.01. The van der Waals surface area contributed by atoms with Gasteiger partial charge in [0.15, 0.2) is 11.5 Å². The molecule has 0 spiro atoms. The maximum absolute atomic E-state index is 11.4. The third kappa shape index (κ3) is 4.66. The van der Waals surface area contributed by atoms with Crippen LogP contribution in [-0.2, 0) is 9.47 Å². The van der Waals surface area contributed by atoms with Crippen molar-refractivity contribution >= 4 is 27.8 Å². The lowest BCUT2D eigenvalue weighted by Crippen LogP contribution is -2.08. The van der Waals surface area contributed by atoms with Crippen molar-refractivity contribution in [2.24, 2.45) is 0 Å². The zero-order valence-corrected chi connectivity index (χ0v) is 13.0. The molecule has 0 saturated heterocycles. The molecule has 1 rings (SSSR count). The first-order valence-corrected chi connectivity index (χ1v) is 7.21. The van der Waals surface area contributed by atoms with Gasteiger partial charge in [0.05, 0.1) is 30.9 Å². The lowest BCUT2D eigenvalue weighted by molar-refractivity contribution is 0.0705. The number of ketones is 1. The fourth-order valence-electron chi connectivity index (χ4n) is 1.63. The summed E-state index contributed by atoms with van der Waals surface area (Å²) in [5.41, 5.74) is 6.29. The number of ether oxygens (including phenoxy) is 3. The van der Waals surface area contributed by atoms with E-state index in [-0.39, 0.29) is 5.78 Å². The molecule has 0 aliphatic heterocycles. The Bertz CT molecular complexity index is 434. The summed E-state index contributed by atoms with van der Waals surface area (Å²) in [5.74, 6) is 0.488. The normalized spacial score (nSPS) is 10.6. The van der Waals surface area contributed by atoms with Crippen LogP contribution in [0.2, 0.25) is 0 Å². The number of carbonyl (C=O) groups is 1. The van der Waals surface area contributed by atoms with E-state index in [1.165, 1.54) is 18.3 Å². The molecule has 6 nitrogen and oxygen atoms in total. The predicted molar refractivity (Wildman–Crippen MR) is 81.1 cm³/mol. The minimum Gasteiger partial charge on any atom is -0.492 e. The van der Waals surface area contributed by atoms with Crippen LogP contribution in [-0.4, -0.2) is 46.4 Å². The van der Waals surface area contributed by atoms with Crippen molar-refractivity contribution in [1.29, 1.82) is 0 Å². The number of hydrogen-bond donors (Lipinski definition) is 2. The number of nitrogens with one attached hydrogen (secondary N) is 1. The Morgan fingerprint density at radius 1 is 1.30 bits per heavy atom. The second-order valence-electron chi connectivity index (χ2n) is 4.15. The van der Waals surface area contributed by atoms with E-state index < -0.39 is 0 Å². The van der Waals surface area contributed by atoms with Crippen molar-refractivity contribution in [2.45, 2.75) is 13.3 Å². The number of rotatable bonds is 10. The molecule has 0 bridgehead atoms. The van der Waals surface area contributed by atoms with Gasteiger partial charge in [-0.15, -0.1) is 11.3 Å². The molecule has 1 aromatic heterocycles. The zero-order chi connectivity index (χ0) is 15.0. The Kier molecular flexibility index (Phi) is 7.35. The summed E-state index contributed by atoms with van der Waals surface area (Å²) in [6, 6.07) is 0. The second-order valence-corrected chi connectivity index (χ2v) is 5.17. The van der Waals surface area contributed by atoms with E-state index in [1.807, 2.05) is 0 Å². The van der Waals surface area contributed by atoms with Crippen LogP contribution in [0, 0.1) is 0 Å². The molecule has 1 aromatic rings. The number of nitrogens with two attached hydrogens (primary N) is 1. The Balaban J connectivity index is 2.43. The topological polar surface area (TPSA) is 82.8 Å². The molecular formula is C13H22N2O4S.